The van der Waals surface area contributed by atoms with Gasteiger partial charge in [0.15, 0.2) is 5.54 Å². The van der Waals surface area contributed by atoms with Gasteiger partial charge in [-0.25, -0.2) is 4.39 Å². The second-order valence-corrected chi connectivity index (χ2v) is 12.0. The second kappa shape index (κ2) is 10.1. The van der Waals surface area contributed by atoms with E-state index in [1.54, 1.807) is 32.1 Å². The number of hydrogen-bond acceptors (Lipinski definition) is 8. The van der Waals surface area contributed by atoms with E-state index in [1.165, 1.54) is 24.5 Å². The number of anilines is 2. The number of fused-ring (bicyclic) bond motifs is 1. The minimum atomic E-state index is -4.45. The van der Waals surface area contributed by atoms with Gasteiger partial charge in [0.25, 0.3) is 0 Å². The molecule has 2 heterocycles. The van der Waals surface area contributed by atoms with Crippen LogP contribution in [0.3, 0.4) is 0 Å². The number of alkyl halides is 3. The fourth-order valence-electron chi connectivity index (χ4n) is 5.03. The Labute approximate surface area is 241 Å². The first-order valence-corrected chi connectivity index (χ1v) is 13.4. The lowest BCUT2D eigenvalue weighted by molar-refractivity contribution is -0.195. The first-order chi connectivity index (χ1) is 19.7. The SMILES string of the molecule is BC(Nc1cc(C#N)c2ncc(C#N)c(NCC(C)(C)C)c2c1)(C1=CN(C2(C(F)(F)F)CC2)NN1)c1ccc(F)cc1. The van der Waals surface area contributed by atoms with E-state index in [-0.39, 0.29) is 23.8 Å². The van der Waals surface area contributed by atoms with Crippen molar-refractivity contribution in [2.24, 2.45) is 5.41 Å². The lowest BCUT2D eigenvalue weighted by Crippen LogP contribution is -2.53. The normalized spacial score (nSPS) is 17.5. The predicted molar refractivity (Wildman–Crippen MR) is 154 cm³/mol. The number of aromatic nitrogens is 1. The van der Waals surface area contributed by atoms with Crippen molar-refractivity contribution in [2.75, 3.05) is 17.2 Å². The van der Waals surface area contributed by atoms with E-state index in [0.717, 1.165) is 5.01 Å². The first kappa shape index (κ1) is 29.0. The molecule has 2 aromatic carbocycles. The summed E-state index contributed by atoms with van der Waals surface area (Å²) in [5.74, 6) is -0.467. The van der Waals surface area contributed by atoms with Gasteiger partial charge >= 0.3 is 6.18 Å². The topological polar surface area (TPSA) is 112 Å². The molecular formula is C29H29BF4N8. The Morgan fingerprint density at radius 1 is 1.07 bits per heavy atom. The molecule has 0 radical (unpaired) electrons. The van der Waals surface area contributed by atoms with Gasteiger partial charge in [-0.1, -0.05) is 32.9 Å². The van der Waals surface area contributed by atoms with Crippen LogP contribution >= 0.6 is 0 Å². The van der Waals surface area contributed by atoms with Crippen LogP contribution in [0, 0.1) is 33.9 Å². The Morgan fingerprint density at radius 3 is 2.31 bits per heavy atom. The summed E-state index contributed by atoms with van der Waals surface area (Å²) in [4.78, 5) is 4.38. The molecule has 2 aliphatic rings. The molecule has 0 saturated heterocycles. The highest BCUT2D eigenvalue weighted by atomic mass is 19.4. The van der Waals surface area contributed by atoms with Gasteiger partial charge in [0.05, 0.1) is 33.5 Å². The van der Waals surface area contributed by atoms with Crippen molar-refractivity contribution in [3.63, 3.8) is 0 Å². The fraction of sp³-hybridized carbons (Fsp3) is 0.345. The molecule has 3 aromatic rings. The maximum atomic E-state index is 13.9. The zero-order valence-corrected chi connectivity index (χ0v) is 23.5. The van der Waals surface area contributed by atoms with Crippen LogP contribution in [0.15, 0.2) is 54.5 Å². The summed E-state index contributed by atoms with van der Waals surface area (Å²) in [6.45, 7) is 6.66. The van der Waals surface area contributed by atoms with E-state index in [0.29, 0.717) is 45.6 Å². The summed E-state index contributed by atoms with van der Waals surface area (Å²) >= 11 is 0. The number of hydrazine groups is 2. The van der Waals surface area contributed by atoms with E-state index in [9.17, 15) is 28.1 Å². The van der Waals surface area contributed by atoms with Gasteiger partial charge in [-0.05, 0) is 48.1 Å². The molecule has 5 rings (SSSR count). The number of halogens is 4. The Balaban J connectivity index is 1.63. The maximum Gasteiger partial charge on any atom is 0.413 e. The van der Waals surface area contributed by atoms with Crippen molar-refractivity contribution in [3.8, 4) is 12.1 Å². The van der Waals surface area contributed by atoms with Crippen molar-refractivity contribution in [2.45, 2.75) is 50.8 Å². The van der Waals surface area contributed by atoms with E-state index in [1.807, 2.05) is 20.8 Å². The molecule has 216 valence electrons. The van der Waals surface area contributed by atoms with E-state index >= 15 is 0 Å². The molecule has 1 unspecified atom stereocenters. The molecule has 0 spiro atoms. The van der Waals surface area contributed by atoms with Gasteiger partial charge < -0.3 is 16.1 Å². The molecule has 8 nitrogen and oxygen atoms in total. The summed E-state index contributed by atoms with van der Waals surface area (Å²) in [6, 6.07) is 13.3. The van der Waals surface area contributed by atoms with Crippen LogP contribution in [0.4, 0.5) is 28.9 Å². The number of nitriles is 2. The molecule has 1 atom stereocenters. The highest BCUT2D eigenvalue weighted by Crippen LogP contribution is 2.54. The zero-order chi connectivity index (χ0) is 30.5. The van der Waals surface area contributed by atoms with Crippen LogP contribution in [0.25, 0.3) is 10.9 Å². The lowest BCUT2D eigenvalue weighted by Gasteiger charge is -2.34. The van der Waals surface area contributed by atoms with Crippen molar-refractivity contribution in [1.29, 1.82) is 10.5 Å². The summed E-state index contributed by atoms with van der Waals surface area (Å²) < 4.78 is 55.6. The molecule has 1 saturated carbocycles. The standard InChI is InChI=1S/C29H29BF4N8/c1-26(2,3)16-38-25-18(13-36)14-37-24-17(12-35)10-21(11-22(24)25)39-28(30,19-4-6-20(31)7-5-19)23-15-42(41-40-23)27(8-9-27)29(32,33)34/h4-7,10-11,14-15,39-41H,8-9,16,30H2,1-3H3,(H,37,38). The number of nitrogens with one attached hydrogen (secondary N) is 4. The van der Waals surface area contributed by atoms with E-state index in [2.05, 4.69) is 38.7 Å². The minimum Gasteiger partial charge on any atom is -0.383 e. The number of hydrogen-bond donors (Lipinski definition) is 4. The third-order valence-electron chi connectivity index (χ3n) is 7.64. The third kappa shape index (κ3) is 5.16. The molecule has 42 heavy (non-hydrogen) atoms. The molecule has 0 bridgehead atoms. The minimum absolute atomic E-state index is 0.0512. The molecule has 0 amide bonds. The molecule has 1 aliphatic heterocycles. The van der Waals surface area contributed by atoms with Gasteiger partial charge in [0, 0.05) is 30.0 Å². The van der Waals surface area contributed by atoms with Crippen molar-refractivity contribution in [1.82, 2.24) is 21.0 Å². The zero-order valence-electron chi connectivity index (χ0n) is 23.5. The predicted octanol–water partition coefficient (Wildman–Crippen LogP) is 4.73. The van der Waals surface area contributed by atoms with Gasteiger partial charge in [0.2, 0.25) is 0 Å². The largest absolute Gasteiger partial charge is 0.413 e. The highest BCUT2D eigenvalue weighted by molar-refractivity contribution is 6.19. The number of rotatable bonds is 7. The van der Waals surface area contributed by atoms with Crippen LogP contribution in [-0.2, 0) is 5.44 Å². The number of pyridine rings is 1. The lowest BCUT2D eigenvalue weighted by atomic mass is 9.69. The first-order valence-electron chi connectivity index (χ1n) is 13.4. The fourth-order valence-corrected chi connectivity index (χ4v) is 5.03. The summed E-state index contributed by atoms with van der Waals surface area (Å²) in [5.41, 5.74) is 4.97. The number of benzene rings is 2. The van der Waals surface area contributed by atoms with Gasteiger partial charge in [0.1, 0.15) is 25.8 Å². The monoisotopic (exact) mass is 576 g/mol. The molecule has 1 fully saturated rings. The Kier molecular flexibility index (Phi) is 6.98. The van der Waals surface area contributed by atoms with Crippen LogP contribution in [0.2, 0.25) is 0 Å². The second-order valence-electron chi connectivity index (χ2n) is 12.0. The van der Waals surface area contributed by atoms with Crippen molar-refractivity contribution < 1.29 is 17.6 Å². The summed E-state index contributed by atoms with van der Waals surface area (Å²) in [6.07, 6.45) is -1.76. The number of nitrogens with zero attached hydrogens (tertiary/aromatic N) is 4. The average Bonchev–Trinajstić information content (AvgIpc) is 3.61. The van der Waals surface area contributed by atoms with Gasteiger partial charge in [-0.15, -0.1) is 5.53 Å². The molecule has 1 aliphatic carbocycles. The maximum absolute atomic E-state index is 13.9. The van der Waals surface area contributed by atoms with Crippen LogP contribution in [0.1, 0.15) is 50.3 Å². The van der Waals surface area contributed by atoms with E-state index in [4.69, 9.17) is 0 Å². The summed E-state index contributed by atoms with van der Waals surface area (Å²) in [5, 5.41) is 28.1. The van der Waals surface area contributed by atoms with Crippen LogP contribution in [0.5, 0.6) is 0 Å². The van der Waals surface area contributed by atoms with Gasteiger partial charge in [-0.3, -0.25) is 9.99 Å². The van der Waals surface area contributed by atoms with Crippen molar-refractivity contribution >= 4 is 30.1 Å². The van der Waals surface area contributed by atoms with E-state index < -0.39 is 23.0 Å². The molecule has 1 aromatic heterocycles. The van der Waals surface area contributed by atoms with Gasteiger partial charge in [-0.2, -0.15) is 23.7 Å². The molecule has 4 N–H and O–H groups in total. The summed E-state index contributed by atoms with van der Waals surface area (Å²) in [7, 11) is 1.75. The van der Waals surface area contributed by atoms with Crippen molar-refractivity contribution in [3.05, 3.63) is 77.0 Å². The molecule has 13 heteroatoms. The molecular weight excluding hydrogens is 547 g/mol. The highest BCUT2D eigenvalue weighted by Gasteiger charge is 2.67. The Hall–Kier alpha value is -4.49. The third-order valence-corrected chi connectivity index (χ3v) is 7.64. The quantitative estimate of drug-likeness (QED) is 0.236. The average molecular weight is 576 g/mol. The van der Waals surface area contributed by atoms with Crippen LogP contribution in [-0.4, -0.2) is 36.1 Å². The smallest absolute Gasteiger partial charge is 0.383 e. The Morgan fingerprint density at radius 2 is 1.74 bits per heavy atom. The Bertz CT molecular complexity index is 1650. The van der Waals surface area contributed by atoms with Crippen LogP contribution < -0.4 is 21.6 Å².